The van der Waals surface area contributed by atoms with Gasteiger partial charge in [0.05, 0.1) is 11.1 Å². The largest absolute Gasteiger partial charge is 0.310 e. The fourth-order valence-corrected chi connectivity index (χ4v) is 9.86. The maximum atomic E-state index is 2.49. The quantitative estimate of drug-likeness (QED) is 0.149. The molecule has 2 aliphatic carbocycles. The third kappa shape index (κ3) is 5.93. The van der Waals surface area contributed by atoms with Gasteiger partial charge in [-0.1, -0.05) is 206 Å². The van der Waals surface area contributed by atoms with Crippen LogP contribution in [0.2, 0.25) is 0 Å². The lowest BCUT2D eigenvalue weighted by Crippen LogP contribution is -2.28. The van der Waals surface area contributed by atoms with Crippen LogP contribution >= 0.6 is 0 Å². The first-order valence-electron chi connectivity index (χ1n) is 21.1. The van der Waals surface area contributed by atoms with E-state index in [1.54, 1.807) is 0 Å². The molecule has 0 saturated heterocycles. The van der Waals surface area contributed by atoms with E-state index in [1.807, 2.05) is 0 Å². The summed E-state index contributed by atoms with van der Waals surface area (Å²) in [5.74, 6) is 0. The summed E-state index contributed by atoms with van der Waals surface area (Å²) in [5, 5.41) is 2.44. The van der Waals surface area contributed by atoms with Crippen LogP contribution in [0.5, 0.6) is 0 Å². The Labute approximate surface area is 352 Å². The minimum Gasteiger partial charge on any atom is -0.310 e. The highest BCUT2D eigenvalue weighted by Crippen LogP contribution is 2.57. The highest BCUT2D eigenvalue weighted by molar-refractivity contribution is 6.05. The molecule has 0 amide bonds. The summed E-state index contributed by atoms with van der Waals surface area (Å²) in [6, 6.07) is 80.8. The molecule has 11 rings (SSSR count). The SMILES string of the molecule is C1=CC(c2ccc(-c3cccc(N(c4ccc5c(c4)C(c4ccccc4)(c4ccccc4)c4ccccc4-5)c4ccc5ccccc5c4-c4ccccc4)c3)cc2)=CCC1. The van der Waals surface area contributed by atoms with Crippen molar-refractivity contribution in [2.24, 2.45) is 0 Å². The van der Waals surface area contributed by atoms with Crippen LogP contribution in [0.4, 0.5) is 17.1 Å². The molecule has 0 spiro atoms. The van der Waals surface area contributed by atoms with Gasteiger partial charge in [0.25, 0.3) is 0 Å². The zero-order chi connectivity index (χ0) is 39.9. The van der Waals surface area contributed by atoms with Crippen molar-refractivity contribution in [1.29, 1.82) is 0 Å². The monoisotopic (exact) mass is 765 g/mol. The fourth-order valence-electron chi connectivity index (χ4n) is 9.86. The van der Waals surface area contributed by atoms with E-state index in [-0.39, 0.29) is 0 Å². The molecule has 0 bridgehead atoms. The van der Waals surface area contributed by atoms with Crippen molar-refractivity contribution in [3.63, 3.8) is 0 Å². The van der Waals surface area contributed by atoms with E-state index in [0.29, 0.717) is 0 Å². The number of rotatable bonds is 8. The van der Waals surface area contributed by atoms with Gasteiger partial charge < -0.3 is 4.90 Å². The Balaban J connectivity index is 1.17. The lowest BCUT2D eigenvalue weighted by atomic mass is 9.67. The first-order valence-corrected chi connectivity index (χ1v) is 21.1. The minimum atomic E-state index is -0.520. The van der Waals surface area contributed by atoms with Crippen LogP contribution in [0.3, 0.4) is 0 Å². The van der Waals surface area contributed by atoms with E-state index in [1.165, 1.54) is 77.5 Å². The summed E-state index contributed by atoms with van der Waals surface area (Å²) in [7, 11) is 0. The van der Waals surface area contributed by atoms with Crippen LogP contribution < -0.4 is 4.90 Å². The molecule has 0 atom stereocenters. The number of benzene rings is 9. The summed E-state index contributed by atoms with van der Waals surface area (Å²) >= 11 is 0. The maximum absolute atomic E-state index is 2.49. The van der Waals surface area contributed by atoms with Gasteiger partial charge in [0.2, 0.25) is 0 Å². The number of fused-ring (bicyclic) bond motifs is 4. The molecule has 0 unspecified atom stereocenters. The van der Waals surface area contributed by atoms with E-state index in [4.69, 9.17) is 0 Å². The standard InChI is InChI=1S/C59H43N/c1-5-18-42(19-6-1)43-32-34-44(35-33-43)47-23-17-28-50(40-47)60(57-39-36-45-20-13-14-29-52(45)58(57)46-21-7-2-8-22-46)51-37-38-54-53-30-15-16-31-55(53)59(56(54)41-51,48-24-9-3-10-25-48)49-26-11-4-12-27-49/h2-5,7-41H,1,6H2. The van der Waals surface area contributed by atoms with Gasteiger partial charge in [-0.3, -0.25) is 0 Å². The predicted octanol–water partition coefficient (Wildman–Crippen LogP) is 15.7. The van der Waals surface area contributed by atoms with E-state index in [2.05, 4.69) is 242 Å². The zero-order valence-electron chi connectivity index (χ0n) is 33.4. The first-order chi connectivity index (χ1) is 29.8. The normalized spacial score (nSPS) is 13.7. The molecule has 0 aliphatic heterocycles. The Morgan fingerprint density at radius 1 is 0.400 bits per heavy atom. The van der Waals surface area contributed by atoms with Crippen molar-refractivity contribution in [3.8, 4) is 33.4 Å². The molecule has 0 radical (unpaired) electrons. The first kappa shape index (κ1) is 35.7. The van der Waals surface area contributed by atoms with Crippen LogP contribution in [-0.4, -0.2) is 0 Å². The molecular formula is C59H43N. The molecule has 0 aromatic heterocycles. The number of hydrogen-bond donors (Lipinski definition) is 0. The summed E-state index contributed by atoms with van der Waals surface area (Å²) in [6.07, 6.45) is 9.09. The van der Waals surface area contributed by atoms with E-state index in [0.717, 1.165) is 29.9 Å². The van der Waals surface area contributed by atoms with Crippen molar-refractivity contribution >= 4 is 33.4 Å². The maximum Gasteiger partial charge on any atom is 0.0714 e. The topological polar surface area (TPSA) is 3.24 Å². The van der Waals surface area contributed by atoms with Crippen molar-refractivity contribution in [1.82, 2.24) is 0 Å². The van der Waals surface area contributed by atoms with Crippen LogP contribution in [-0.2, 0) is 5.41 Å². The van der Waals surface area contributed by atoms with E-state index >= 15 is 0 Å². The van der Waals surface area contributed by atoms with Crippen LogP contribution in [0.25, 0.3) is 49.7 Å². The highest BCUT2D eigenvalue weighted by atomic mass is 15.1. The van der Waals surface area contributed by atoms with Gasteiger partial charge in [-0.05, 0) is 115 Å². The number of hydrogen-bond acceptors (Lipinski definition) is 1. The van der Waals surface area contributed by atoms with Gasteiger partial charge in [-0.15, -0.1) is 0 Å². The Hall–Kier alpha value is -7.48. The van der Waals surface area contributed by atoms with Gasteiger partial charge in [-0.25, -0.2) is 0 Å². The Morgan fingerprint density at radius 2 is 1.03 bits per heavy atom. The van der Waals surface area contributed by atoms with Gasteiger partial charge in [0.1, 0.15) is 0 Å². The van der Waals surface area contributed by atoms with Crippen LogP contribution in [0, 0.1) is 0 Å². The molecule has 1 heteroatoms. The molecule has 0 heterocycles. The lowest BCUT2D eigenvalue weighted by molar-refractivity contribution is 0.768. The molecule has 60 heavy (non-hydrogen) atoms. The second-order valence-electron chi connectivity index (χ2n) is 15.9. The van der Waals surface area contributed by atoms with Crippen LogP contribution in [0.1, 0.15) is 40.7 Å². The van der Waals surface area contributed by atoms with Gasteiger partial charge in [0.15, 0.2) is 0 Å². The predicted molar refractivity (Wildman–Crippen MR) is 253 cm³/mol. The highest BCUT2D eigenvalue weighted by Gasteiger charge is 2.46. The third-order valence-corrected chi connectivity index (χ3v) is 12.6. The minimum absolute atomic E-state index is 0.520. The van der Waals surface area contributed by atoms with Crippen molar-refractivity contribution in [3.05, 3.63) is 264 Å². The van der Waals surface area contributed by atoms with Crippen molar-refractivity contribution < 1.29 is 0 Å². The Bertz CT molecular complexity index is 3030. The molecule has 9 aromatic rings. The van der Waals surface area contributed by atoms with E-state index in [9.17, 15) is 0 Å². The molecule has 1 nitrogen and oxygen atoms in total. The second kappa shape index (κ2) is 15.0. The summed E-state index contributed by atoms with van der Waals surface area (Å²) in [4.78, 5) is 2.49. The Kier molecular flexibility index (Phi) is 8.94. The molecule has 284 valence electrons. The van der Waals surface area contributed by atoms with Gasteiger partial charge >= 0.3 is 0 Å². The third-order valence-electron chi connectivity index (χ3n) is 12.6. The molecule has 0 fully saturated rings. The second-order valence-corrected chi connectivity index (χ2v) is 15.9. The fraction of sp³-hybridized carbons (Fsp3) is 0.0508. The summed E-state index contributed by atoms with van der Waals surface area (Å²) < 4.78 is 0. The average molecular weight is 766 g/mol. The summed E-state index contributed by atoms with van der Waals surface area (Å²) in [5.41, 5.74) is 17.8. The smallest absolute Gasteiger partial charge is 0.0714 e. The van der Waals surface area contributed by atoms with E-state index < -0.39 is 5.41 Å². The molecular weight excluding hydrogens is 723 g/mol. The zero-order valence-corrected chi connectivity index (χ0v) is 33.4. The molecule has 0 saturated carbocycles. The lowest BCUT2D eigenvalue weighted by Gasteiger charge is -2.35. The number of nitrogens with zero attached hydrogens (tertiary/aromatic N) is 1. The molecule has 2 aliphatic rings. The van der Waals surface area contributed by atoms with Crippen LogP contribution in [0.15, 0.2) is 237 Å². The number of allylic oxidation sites excluding steroid dienone is 4. The molecule has 9 aromatic carbocycles. The van der Waals surface area contributed by atoms with Crippen molar-refractivity contribution in [2.75, 3.05) is 4.90 Å². The van der Waals surface area contributed by atoms with Gasteiger partial charge in [0, 0.05) is 16.9 Å². The molecule has 0 N–H and O–H groups in total. The average Bonchev–Trinajstić information content (AvgIpc) is 3.63. The van der Waals surface area contributed by atoms with Gasteiger partial charge in [-0.2, -0.15) is 0 Å². The summed E-state index contributed by atoms with van der Waals surface area (Å²) in [6.45, 7) is 0. The Morgan fingerprint density at radius 3 is 1.78 bits per heavy atom. The number of anilines is 3. The van der Waals surface area contributed by atoms with Crippen molar-refractivity contribution in [2.45, 2.75) is 18.3 Å².